The summed E-state index contributed by atoms with van der Waals surface area (Å²) in [5.41, 5.74) is 2.90. The summed E-state index contributed by atoms with van der Waals surface area (Å²) >= 11 is 1.36. The Kier molecular flexibility index (Phi) is 4.68. The van der Waals surface area contributed by atoms with Crippen LogP contribution in [0.5, 0.6) is 5.75 Å². The van der Waals surface area contributed by atoms with Crippen molar-refractivity contribution in [2.24, 2.45) is 4.99 Å². The van der Waals surface area contributed by atoms with Crippen LogP contribution in [0.4, 0.5) is 5.69 Å². The molecule has 0 aliphatic rings. The van der Waals surface area contributed by atoms with E-state index in [2.05, 4.69) is 15.3 Å². The second-order valence-electron chi connectivity index (χ2n) is 4.76. The quantitative estimate of drug-likeness (QED) is 0.337. The summed E-state index contributed by atoms with van der Waals surface area (Å²) in [6.45, 7) is 0. The zero-order chi connectivity index (χ0) is 16.9. The van der Waals surface area contributed by atoms with Crippen molar-refractivity contribution in [3.05, 3.63) is 42.5 Å². The lowest BCUT2D eigenvalue weighted by Crippen LogP contribution is -2.12. The number of hydrogen-bond acceptors (Lipinski definition) is 6. The lowest BCUT2D eigenvalue weighted by atomic mass is 10.2. The lowest BCUT2D eigenvalue weighted by Gasteiger charge is -2.00. The molecule has 24 heavy (non-hydrogen) atoms. The van der Waals surface area contributed by atoms with Gasteiger partial charge in [-0.1, -0.05) is 17.8 Å². The maximum Gasteiger partial charge on any atom is 0.227 e. The Hall–Kier alpha value is -2.98. The predicted octanol–water partition coefficient (Wildman–Crippen LogP) is 3.92. The van der Waals surface area contributed by atoms with E-state index in [9.17, 15) is 0 Å². The summed E-state index contributed by atoms with van der Waals surface area (Å²) in [6.07, 6.45) is 3.71. The van der Waals surface area contributed by atoms with E-state index in [4.69, 9.17) is 14.4 Å². The van der Waals surface area contributed by atoms with Gasteiger partial charge in [-0.15, -0.1) is 0 Å². The first-order valence-corrected chi connectivity index (χ1v) is 8.29. The Morgan fingerprint density at radius 3 is 2.96 bits per heavy atom. The number of nitrogens with zero attached hydrogens (tertiary/aromatic N) is 3. The molecule has 120 valence electrons. The van der Waals surface area contributed by atoms with Gasteiger partial charge in [0.15, 0.2) is 16.9 Å². The van der Waals surface area contributed by atoms with Crippen molar-refractivity contribution in [2.45, 2.75) is 0 Å². The van der Waals surface area contributed by atoms with Crippen molar-refractivity contribution in [1.82, 2.24) is 10.3 Å². The first kappa shape index (κ1) is 15.9. The molecule has 0 amide bonds. The zero-order valence-corrected chi connectivity index (χ0v) is 13.9. The molecule has 0 aliphatic carbocycles. The van der Waals surface area contributed by atoms with Gasteiger partial charge in [-0.3, -0.25) is 5.32 Å². The van der Waals surface area contributed by atoms with Crippen LogP contribution in [0.1, 0.15) is 0 Å². The van der Waals surface area contributed by atoms with Gasteiger partial charge in [-0.05, 0) is 36.6 Å². The van der Waals surface area contributed by atoms with Gasteiger partial charge in [-0.2, -0.15) is 5.26 Å². The average Bonchev–Trinajstić information content (AvgIpc) is 3.04. The van der Waals surface area contributed by atoms with Crippen LogP contribution in [0.3, 0.4) is 0 Å². The fourth-order valence-corrected chi connectivity index (χ4v) is 2.50. The Morgan fingerprint density at radius 1 is 1.33 bits per heavy atom. The van der Waals surface area contributed by atoms with Crippen LogP contribution in [-0.4, -0.2) is 23.5 Å². The highest BCUT2D eigenvalue weighted by molar-refractivity contribution is 8.13. The SMILES string of the molecule is COc1cccc(-c2nc3ccc(N=C(NC#N)SC)cc3o2)c1. The van der Waals surface area contributed by atoms with E-state index in [-0.39, 0.29) is 0 Å². The number of nitrogens with one attached hydrogen (secondary N) is 1. The van der Waals surface area contributed by atoms with Gasteiger partial charge >= 0.3 is 0 Å². The standard InChI is InChI=1S/C17H14N4O2S/c1-22-13-5-3-4-11(8-13)16-21-14-7-6-12(9-15(14)23-16)20-17(24-2)19-10-18/h3-9H,1-2H3,(H,19,20). The number of rotatable bonds is 3. The molecule has 0 aliphatic heterocycles. The number of oxazole rings is 1. The van der Waals surface area contributed by atoms with E-state index in [0.717, 1.165) is 16.8 Å². The molecule has 1 aromatic heterocycles. The highest BCUT2D eigenvalue weighted by atomic mass is 32.2. The van der Waals surface area contributed by atoms with Crippen LogP contribution in [0.2, 0.25) is 0 Å². The average molecular weight is 338 g/mol. The van der Waals surface area contributed by atoms with Gasteiger partial charge in [0.2, 0.25) is 5.89 Å². The fourth-order valence-electron chi connectivity index (χ4n) is 2.15. The van der Waals surface area contributed by atoms with Crippen LogP contribution in [0.15, 0.2) is 51.9 Å². The number of benzene rings is 2. The van der Waals surface area contributed by atoms with Crippen LogP contribution in [0, 0.1) is 11.5 Å². The number of ether oxygens (including phenoxy) is 1. The third-order valence-corrected chi connectivity index (χ3v) is 3.86. The Bertz CT molecular complexity index is 943. The molecule has 0 atom stereocenters. The van der Waals surface area contributed by atoms with Crippen LogP contribution in [-0.2, 0) is 0 Å². The molecule has 7 heteroatoms. The maximum atomic E-state index is 8.70. The van der Waals surface area contributed by atoms with E-state index in [1.165, 1.54) is 11.8 Å². The maximum absolute atomic E-state index is 8.70. The summed E-state index contributed by atoms with van der Waals surface area (Å²) in [7, 11) is 1.62. The molecule has 0 saturated carbocycles. The van der Waals surface area contributed by atoms with E-state index >= 15 is 0 Å². The molecule has 0 spiro atoms. The minimum atomic E-state index is 0.518. The number of nitriles is 1. The molecule has 0 unspecified atom stereocenters. The molecule has 0 bridgehead atoms. The highest BCUT2D eigenvalue weighted by Gasteiger charge is 2.10. The topological polar surface area (TPSA) is 83.4 Å². The monoisotopic (exact) mass is 338 g/mol. The Balaban J connectivity index is 1.98. The predicted molar refractivity (Wildman–Crippen MR) is 95.4 cm³/mol. The number of aliphatic imine (C=N–C) groups is 1. The van der Waals surface area contributed by atoms with Crippen molar-refractivity contribution in [3.63, 3.8) is 0 Å². The molecule has 3 rings (SSSR count). The molecular formula is C17H14N4O2S. The Morgan fingerprint density at radius 2 is 2.21 bits per heavy atom. The zero-order valence-electron chi connectivity index (χ0n) is 13.1. The summed E-state index contributed by atoms with van der Waals surface area (Å²) < 4.78 is 11.1. The largest absolute Gasteiger partial charge is 0.497 e. The van der Waals surface area contributed by atoms with Crippen molar-refractivity contribution >= 4 is 33.7 Å². The van der Waals surface area contributed by atoms with Crippen LogP contribution in [0.25, 0.3) is 22.6 Å². The summed E-state index contributed by atoms with van der Waals surface area (Å²) in [6, 6.07) is 13.0. The number of thioether (sulfide) groups is 1. The molecular weight excluding hydrogens is 324 g/mol. The number of hydrogen-bond donors (Lipinski definition) is 1. The van der Waals surface area contributed by atoms with E-state index in [1.54, 1.807) is 13.2 Å². The third kappa shape index (κ3) is 3.34. The normalized spacial score (nSPS) is 11.3. The molecule has 2 aromatic carbocycles. The van der Waals surface area contributed by atoms with Gasteiger partial charge in [0.25, 0.3) is 0 Å². The van der Waals surface area contributed by atoms with E-state index in [0.29, 0.717) is 22.3 Å². The molecule has 3 aromatic rings. The molecule has 0 radical (unpaired) electrons. The molecule has 1 N–H and O–H groups in total. The summed E-state index contributed by atoms with van der Waals surface area (Å²) in [5.74, 6) is 1.26. The van der Waals surface area contributed by atoms with Crippen LogP contribution < -0.4 is 10.1 Å². The molecule has 0 fully saturated rings. The number of amidine groups is 1. The van der Waals surface area contributed by atoms with E-state index in [1.807, 2.05) is 48.8 Å². The number of fused-ring (bicyclic) bond motifs is 1. The molecule has 0 saturated heterocycles. The smallest absolute Gasteiger partial charge is 0.227 e. The van der Waals surface area contributed by atoms with Crippen molar-refractivity contribution in [3.8, 4) is 23.4 Å². The summed E-state index contributed by atoms with van der Waals surface area (Å²) in [4.78, 5) is 8.86. The second-order valence-corrected chi connectivity index (χ2v) is 5.56. The minimum Gasteiger partial charge on any atom is -0.497 e. The van der Waals surface area contributed by atoms with Gasteiger partial charge in [-0.25, -0.2) is 9.98 Å². The van der Waals surface area contributed by atoms with Crippen LogP contribution >= 0.6 is 11.8 Å². The van der Waals surface area contributed by atoms with Crippen molar-refractivity contribution in [1.29, 1.82) is 5.26 Å². The van der Waals surface area contributed by atoms with Gasteiger partial charge in [0.05, 0.1) is 12.8 Å². The molecule has 6 nitrogen and oxygen atoms in total. The van der Waals surface area contributed by atoms with Gasteiger partial charge < -0.3 is 9.15 Å². The lowest BCUT2D eigenvalue weighted by molar-refractivity contribution is 0.415. The minimum absolute atomic E-state index is 0.518. The highest BCUT2D eigenvalue weighted by Crippen LogP contribution is 2.29. The number of methoxy groups -OCH3 is 1. The second kappa shape index (κ2) is 7.06. The molecule has 1 heterocycles. The van der Waals surface area contributed by atoms with Gasteiger partial charge in [0, 0.05) is 11.6 Å². The summed E-state index contributed by atoms with van der Waals surface area (Å²) in [5, 5.41) is 11.7. The number of aromatic nitrogens is 1. The fraction of sp³-hybridized carbons (Fsp3) is 0.118. The first-order chi connectivity index (χ1) is 11.7. The third-order valence-electron chi connectivity index (χ3n) is 3.28. The van der Waals surface area contributed by atoms with Crippen molar-refractivity contribution in [2.75, 3.05) is 13.4 Å². The van der Waals surface area contributed by atoms with E-state index < -0.39 is 0 Å². The van der Waals surface area contributed by atoms with Crippen molar-refractivity contribution < 1.29 is 9.15 Å². The Labute approximate surface area is 143 Å². The van der Waals surface area contributed by atoms with Gasteiger partial charge in [0.1, 0.15) is 11.3 Å². The first-order valence-electron chi connectivity index (χ1n) is 7.06.